The maximum absolute atomic E-state index is 10.5. The molecule has 0 spiro atoms. The minimum atomic E-state index is -1.27. The highest BCUT2D eigenvalue weighted by Gasteiger charge is 2.27. The zero-order valence-corrected chi connectivity index (χ0v) is 7.16. The van der Waals surface area contributed by atoms with Crippen molar-refractivity contribution in [3.05, 3.63) is 0 Å². The Hall–Kier alpha value is -0.650. The zero-order valence-electron chi connectivity index (χ0n) is 7.16. The molecule has 5 heteroatoms. The number of nitrogens with two attached hydrogens (primary N) is 2. The van der Waals surface area contributed by atoms with Crippen LogP contribution in [0.15, 0.2) is 0 Å². The summed E-state index contributed by atoms with van der Waals surface area (Å²) in [7, 11) is 0. The summed E-state index contributed by atoms with van der Waals surface area (Å²) < 4.78 is 0. The van der Waals surface area contributed by atoms with Crippen LogP contribution in [-0.4, -0.2) is 34.4 Å². The Balaban J connectivity index is 3.83. The highest BCUT2D eigenvalue weighted by Crippen LogP contribution is 2.10. The molecule has 0 radical (unpaired) electrons. The van der Waals surface area contributed by atoms with Crippen molar-refractivity contribution in [3.8, 4) is 0 Å². The molecule has 0 aromatic heterocycles. The normalized spacial score (nSPS) is 18.3. The molecule has 0 fully saturated rings. The van der Waals surface area contributed by atoms with Gasteiger partial charge in [0.15, 0.2) is 0 Å². The lowest BCUT2D eigenvalue weighted by Crippen LogP contribution is -2.45. The smallest absolute Gasteiger partial charge is 0.323 e. The first-order valence-electron chi connectivity index (χ1n) is 3.80. The van der Waals surface area contributed by atoms with Crippen LogP contribution in [0.5, 0.6) is 0 Å². The third-order valence-electron chi connectivity index (χ3n) is 1.76. The van der Waals surface area contributed by atoms with E-state index in [1.807, 2.05) is 0 Å². The van der Waals surface area contributed by atoms with E-state index in [2.05, 4.69) is 0 Å². The van der Waals surface area contributed by atoms with Gasteiger partial charge in [-0.25, -0.2) is 0 Å². The summed E-state index contributed by atoms with van der Waals surface area (Å²) in [6.45, 7) is 1.55. The highest BCUT2D eigenvalue weighted by atomic mass is 16.4. The Morgan fingerprint density at radius 2 is 2.17 bits per heavy atom. The van der Waals surface area contributed by atoms with Crippen molar-refractivity contribution in [1.82, 2.24) is 0 Å². The van der Waals surface area contributed by atoms with Gasteiger partial charge in [-0.1, -0.05) is 0 Å². The molecule has 0 amide bonds. The van der Waals surface area contributed by atoms with Crippen LogP contribution in [0.4, 0.5) is 0 Å². The van der Waals surface area contributed by atoms with Gasteiger partial charge in [-0.3, -0.25) is 4.79 Å². The molecule has 0 aromatic carbocycles. The molecular weight excluding hydrogens is 160 g/mol. The fraction of sp³-hybridized carbons (Fsp3) is 0.857. The number of hydrogen-bond donors (Lipinski definition) is 4. The summed E-state index contributed by atoms with van der Waals surface area (Å²) in [6.07, 6.45) is -0.122. The summed E-state index contributed by atoms with van der Waals surface area (Å²) in [4.78, 5) is 10.5. The summed E-state index contributed by atoms with van der Waals surface area (Å²) in [5.74, 6) is -1.06. The van der Waals surface area contributed by atoms with Crippen molar-refractivity contribution in [3.63, 3.8) is 0 Å². The van der Waals surface area contributed by atoms with Crippen LogP contribution in [0.25, 0.3) is 0 Å². The number of hydrogen-bond acceptors (Lipinski definition) is 4. The van der Waals surface area contributed by atoms with Gasteiger partial charge in [0.1, 0.15) is 5.54 Å². The van der Waals surface area contributed by atoms with Crippen molar-refractivity contribution in [2.75, 3.05) is 6.54 Å². The van der Waals surface area contributed by atoms with Gasteiger partial charge in [0, 0.05) is 6.54 Å². The van der Waals surface area contributed by atoms with E-state index in [-0.39, 0.29) is 13.0 Å². The van der Waals surface area contributed by atoms with Crippen LogP contribution in [0.1, 0.15) is 19.8 Å². The number of aliphatic hydroxyl groups is 1. The molecule has 2 atom stereocenters. The fourth-order valence-electron chi connectivity index (χ4n) is 0.691. The molecule has 0 saturated heterocycles. The molecule has 0 saturated carbocycles. The SMILES string of the molecule is C[C@](N)(CC[C@@H](O)CN)C(=O)O. The number of carbonyl (C=O) groups is 1. The van der Waals surface area contributed by atoms with Gasteiger partial charge in [-0.15, -0.1) is 0 Å². The quantitative estimate of drug-likeness (QED) is 0.424. The van der Waals surface area contributed by atoms with Gasteiger partial charge in [0.25, 0.3) is 0 Å². The first kappa shape index (κ1) is 11.4. The lowest BCUT2D eigenvalue weighted by molar-refractivity contribution is -0.143. The van der Waals surface area contributed by atoms with E-state index in [1.54, 1.807) is 0 Å². The fourth-order valence-corrected chi connectivity index (χ4v) is 0.691. The van der Waals surface area contributed by atoms with Gasteiger partial charge < -0.3 is 21.7 Å². The van der Waals surface area contributed by atoms with Crippen LogP contribution in [-0.2, 0) is 4.79 Å². The molecule has 0 unspecified atom stereocenters. The Kier molecular flexibility index (Phi) is 4.16. The predicted octanol–water partition coefficient (Wildman–Crippen LogP) is -1.11. The second-order valence-electron chi connectivity index (χ2n) is 3.15. The summed E-state index contributed by atoms with van der Waals surface area (Å²) in [5.41, 5.74) is 9.28. The molecule has 0 aliphatic rings. The third kappa shape index (κ3) is 3.66. The van der Waals surface area contributed by atoms with Crippen LogP contribution in [0, 0.1) is 0 Å². The number of carboxylic acid groups (broad SMARTS) is 1. The summed E-state index contributed by atoms with van der Waals surface area (Å²) in [5, 5.41) is 17.6. The lowest BCUT2D eigenvalue weighted by Gasteiger charge is -2.20. The summed E-state index contributed by atoms with van der Waals surface area (Å²) >= 11 is 0. The average molecular weight is 176 g/mol. The first-order chi connectivity index (χ1) is 5.40. The molecule has 0 aliphatic heterocycles. The predicted molar refractivity (Wildman–Crippen MR) is 44.5 cm³/mol. The average Bonchev–Trinajstić information content (AvgIpc) is 2.00. The Morgan fingerprint density at radius 3 is 2.50 bits per heavy atom. The van der Waals surface area contributed by atoms with E-state index >= 15 is 0 Å². The zero-order chi connectivity index (χ0) is 9.78. The number of aliphatic carboxylic acids is 1. The molecule has 5 nitrogen and oxygen atoms in total. The van der Waals surface area contributed by atoms with E-state index < -0.39 is 17.6 Å². The molecular formula is C7H16N2O3. The van der Waals surface area contributed by atoms with Crippen LogP contribution < -0.4 is 11.5 Å². The van der Waals surface area contributed by atoms with Crippen molar-refractivity contribution >= 4 is 5.97 Å². The molecule has 72 valence electrons. The molecule has 0 rings (SSSR count). The molecule has 0 aromatic rings. The maximum atomic E-state index is 10.5. The van der Waals surface area contributed by atoms with E-state index in [4.69, 9.17) is 21.7 Å². The molecule has 12 heavy (non-hydrogen) atoms. The Morgan fingerprint density at radius 1 is 1.67 bits per heavy atom. The minimum Gasteiger partial charge on any atom is -0.480 e. The molecule has 0 bridgehead atoms. The van der Waals surface area contributed by atoms with Crippen LogP contribution in [0.3, 0.4) is 0 Å². The third-order valence-corrected chi connectivity index (χ3v) is 1.76. The van der Waals surface area contributed by atoms with Crippen molar-refractivity contribution in [1.29, 1.82) is 0 Å². The van der Waals surface area contributed by atoms with Gasteiger partial charge in [0.2, 0.25) is 0 Å². The van der Waals surface area contributed by atoms with Gasteiger partial charge in [-0.2, -0.15) is 0 Å². The molecule has 6 N–H and O–H groups in total. The summed E-state index contributed by atoms with van der Waals surface area (Å²) in [6, 6.07) is 0. The van der Waals surface area contributed by atoms with E-state index in [0.717, 1.165) is 0 Å². The number of aliphatic hydroxyl groups excluding tert-OH is 1. The highest BCUT2D eigenvalue weighted by molar-refractivity contribution is 5.77. The monoisotopic (exact) mass is 176 g/mol. The second kappa shape index (κ2) is 4.39. The number of rotatable bonds is 5. The first-order valence-corrected chi connectivity index (χ1v) is 3.80. The van der Waals surface area contributed by atoms with Gasteiger partial charge in [-0.05, 0) is 19.8 Å². The molecule has 0 aliphatic carbocycles. The molecule has 0 heterocycles. The Labute approximate surface area is 71.4 Å². The largest absolute Gasteiger partial charge is 0.480 e. The second-order valence-corrected chi connectivity index (χ2v) is 3.15. The van der Waals surface area contributed by atoms with Crippen molar-refractivity contribution < 1.29 is 15.0 Å². The van der Waals surface area contributed by atoms with E-state index in [1.165, 1.54) is 6.92 Å². The topological polar surface area (TPSA) is 110 Å². The Bertz CT molecular complexity index is 159. The van der Waals surface area contributed by atoms with E-state index in [9.17, 15) is 4.79 Å². The van der Waals surface area contributed by atoms with Crippen molar-refractivity contribution in [2.45, 2.75) is 31.4 Å². The maximum Gasteiger partial charge on any atom is 0.323 e. The number of carboxylic acids is 1. The van der Waals surface area contributed by atoms with Gasteiger partial charge >= 0.3 is 5.97 Å². The minimum absolute atomic E-state index is 0.135. The van der Waals surface area contributed by atoms with Crippen LogP contribution in [0.2, 0.25) is 0 Å². The van der Waals surface area contributed by atoms with Crippen molar-refractivity contribution in [2.24, 2.45) is 11.5 Å². The van der Waals surface area contributed by atoms with E-state index in [0.29, 0.717) is 6.42 Å². The lowest BCUT2D eigenvalue weighted by atomic mass is 9.95. The van der Waals surface area contributed by atoms with Gasteiger partial charge in [0.05, 0.1) is 6.10 Å². The standard InChI is InChI=1S/C7H16N2O3/c1-7(9,6(11)12)3-2-5(10)4-8/h5,10H,2-4,8-9H2,1H3,(H,11,12)/t5-,7+/m1/s1. The van der Waals surface area contributed by atoms with Crippen LogP contribution >= 0.6 is 0 Å².